The van der Waals surface area contributed by atoms with Gasteiger partial charge < -0.3 is 10.8 Å². The lowest BCUT2D eigenvalue weighted by Gasteiger charge is -2.24. The van der Waals surface area contributed by atoms with Crippen molar-refractivity contribution in [1.82, 2.24) is 9.78 Å². The van der Waals surface area contributed by atoms with E-state index in [1.54, 1.807) is 0 Å². The summed E-state index contributed by atoms with van der Waals surface area (Å²) < 4.78 is 24.9. The lowest BCUT2D eigenvalue weighted by atomic mass is 9.83. The van der Waals surface area contributed by atoms with Gasteiger partial charge in [0.15, 0.2) is 9.84 Å². The Bertz CT molecular complexity index is 517. The second-order valence-electron chi connectivity index (χ2n) is 4.45. The molecule has 96 valence electrons. The van der Waals surface area contributed by atoms with E-state index in [9.17, 15) is 8.42 Å². The van der Waals surface area contributed by atoms with Gasteiger partial charge in [0.05, 0.1) is 18.8 Å². The zero-order valence-electron chi connectivity index (χ0n) is 9.76. The molecule has 0 spiro atoms. The first-order chi connectivity index (χ1) is 7.95. The lowest BCUT2D eigenvalue weighted by molar-refractivity contribution is 0.269. The van der Waals surface area contributed by atoms with Gasteiger partial charge in [0.25, 0.3) is 0 Å². The molecular weight excluding hydrogens is 242 g/mol. The molecule has 0 unspecified atom stereocenters. The molecule has 1 fully saturated rings. The number of nitrogen functional groups attached to an aromatic ring is 1. The van der Waals surface area contributed by atoms with Crippen molar-refractivity contribution in [3.05, 3.63) is 5.69 Å². The zero-order valence-corrected chi connectivity index (χ0v) is 10.6. The Balaban J connectivity index is 2.52. The van der Waals surface area contributed by atoms with E-state index in [2.05, 4.69) is 5.10 Å². The highest BCUT2D eigenvalue weighted by Crippen LogP contribution is 2.40. The predicted octanol–water partition coefficient (Wildman–Crippen LogP) is 0.129. The first kappa shape index (κ1) is 12.4. The van der Waals surface area contributed by atoms with Crippen molar-refractivity contribution >= 4 is 15.7 Å². The molecule has 7 heteroatoms. The maximum Gasteiger partial charge on any atom is 0.181 e. The Kier molecular flexibility index (Phi) is 3.13. The fraction of sp³-hybridized carbons (Fsp3) is 0.700. The van der Waals surface area contributed by atoms with Crippen LogP contribution in [0.25, 0.3) is 0 Å². The van der Waals surface area contributed by atoms with E-state index < -0.39 is 9.84 Å². The summed E-state index contributed by atoms with van der Waals surface area (Å²) in [5.41, 5.74) is 6.38. The highest BCUT2D eigenvalue weighted by molar-refractivity contribution is 7.91. The number of rotatable bonds is 4. The van der Waals surface area contributed by atoms with Gasteiger partial charge in [0.1, 0.15) is 10.7 Å². The molecule has 3 N–H and O–H groups in total. The standard InChI is InChI=1S/C10H17N3O3S/c1-17(15,16)9-8(7-3-2-4-7)12-13(5-6-14)10(9)11/h7,14H,2-6,11H2,1H3. The Morgan fingerprint density at radius 3 is 2.59 bits per heavy atom. The third-order valence-electron chi connectivity index (χ3n) is 3.15. The van der Waals surface area contributed by atoms with Crippen molar-refractivity contribution in [2.75, 3.05) is 18.6 Å². The van der Waals surface area contributed by atoms with Crippen LogP contribution >= 0.6 is 0 Å². The Hall–Kier alpha value is -1.08. The van der Waals surface area contributed by atoms with Crippen LogP contribution < -0.4 is 5.73 Å². The summed E-state index contributed by atoms with van der Waals surface area (Å²) in [6.45, 7) is 0.111. The second-order valence-corrected chi connectivity index (χ2v) is 6.40. The van der Waals surface area contributed by atoms with E-state index in [1.165, 1.54) is 4.68 Å². The molecule has 0 aliphatic heterocycles. The number of aliphatic hydroxyl groups excluding tert-OH is 1. The smallest absolute Gasteiger partial charge is 0.181 e. The maximum absolute atomic E-state index is 11.7. The van der Waals surface area contributed by atoms with Gasteiger partial charge in [-0.05, 0) is 12.8 Å². The van der Waals surface area contributed by atoms with Crippen LogP contribution in [-0.4, -0.2) is 36.2 Å². The highest BCUT2D eigenvalue weighted by Gasteiger charge is 2.31. The molecule has 17 heavy (non-hydrogen) atoms. The highest BCUT2D eigenvalue weighted by atomic mass is 32.2. The molecule has 1 heterocycles. The van der Waals surface area contributed by atoms with E-state index in [1.807, 2.05) is 0 Å². The van der Waals surface area contributed by atoms with Gasteiger partial charge in [-0.15, -0.1) is 0 Å². The van der Waals surface area contributed by atoms with Crippen LogP contribution in [0, 0.1) is 0 Å². The van der Waals surface area contributed by atoms with Crippen LogP contribution in [0.1, 0.15) is 30.9 Å². The van der Waals surface area contributed by atoms with Crippen LogP contribution in [0.15, 0.2) is 4.90 Å². The number of hydrogen-bond acceptors (Lipinski definition) is 5. The van der Waals surface area contributed by atoms with Crippen molar-refractivity contribution < 1.29 is 13.5 Å². The summed E-state index contributed by atoms with van der Waals surface area (Å²) in [7, 11) is -3.37. The molecule has 0 amide bonds. The molecule has 0 aromatic carbocycles. The molecule has 1 aliphatic rings. The van der Waals surface area contributed by atoms with Crippen molar-refractivity contribution in [2.45, 2.75) is 36.6 Å². The number of sulfone groups is 1. The van der Waals surface area contributed by atoms with Crippen molar-refractivity contribution in [3.63, 3.8) is 0 Å². The van der Waals surface area contributed by atoms with Crippen LogP contribution in [0.4, 0.5) is 5.82 Å². The molecule has 2 rings (SSSR count). The molecule has 6 nitrogen and oxygen atoms in total. The minimum Gasteiger partial charge on any atom is -0.394 e. The fourth-order valence-corrected chi connectivity index (χ4v) is 3.14. The maximum atomic E-state index is 11.7. The van der Waals surface area contributed by atoms with Gasteiger partial charge in [-0.25, -0.2) is 13.1 Å². The summed E-state index contributed by atoms with van der Waals surface area (Å²) >= 11 is 0. The predicted molar refractivity (Wildman–Crippen MR) is 63.4 cm³/mol. The van der Waals surface area contributed by atoms with Gasteiger partial charge in [-0.1, -0.05) is 6.42 Å². The molecule has 0 atom stereocenters. The van der Waals surface area contributed by atoms with Crippen LogP contribution in [0.3, 0.4) is 0 Å². The van der Waals surface area contributed by atoms with Crippen LogP contribution in [0.2, 0.25) is 0 Å². The Morgan fingerprint density at radius 2 is 2.18 bits per heavy atom. The minimum absolute atomic E-state index is 0.112. The van der Waals surface area contributed by atoms with Gasteiger partial charge in [0.2, 0.25) is 0 Å². The van der Waals surface area contributed by atoms with Crippen molar-refractivity contribution in [2.24, 2.45) is 0 Å². The molecule has 0 bridgehead atoms. The van der Waals surface area contributed by atoms with E-state index >= 15 is 0 Å². The number of nitrogens with zero attached hydrogens (tertiary/aromatic N) is 2. The number of aromatic nitrogens is 2. The van der Waals surface area contributed by atoms with E-state index in [0.29, 0.717) is 5.69 Å². The van der Waals surface area contributed by atoms with E-state index in [4.69, 9.17) is 10.8 Å². The SMILES string of the molecule is CS(=O)(=O)c1c(C2CCC2)nn(CCO)c1N. The minimum atomic E-state index is -3.37. The van der Waals surface area contributed by atoms with Gasteiger partial charge in [-0.3, -0.25) is 0 Å². The molecule has 0 radical (unpaired) electrons. The monoisotopic (exact) mass is 259 g/mol. The van der Waals surface area contributed by atoms with Crippen LogP contribution in [0.5, 0.6) is 0 Å². The lowest BCUT2D eigenvalue weighted by Crippen LogP contribution is -2.13. The number of hydrogen-bond donors (Lipinski definition) is 2. The summed E-state index contributed by atoms with van der Waals surface area (Å²) in [5, 5.41) is 13.1. The molecule has 1 aromatic rings. The van der Waals surface area contributed by atoms with Crippen LogP contribution in [-0.2, 0) is 16.4 Å². The summed E-state index contributed by atoms with van der Waals surface area (Å²) in [6, 6.07) is 0. The second kappa shape index (κ2) is 4.30. The molecule has 1 aliphatic carbocycles. The number of aliphatic hydroxyl groups is 1. The van der Waals surface area contributed by atoms with Crippen molar-refractivity contribution in [1.29, 1.82) is 0 Å². The molecule has 1 saturated carbocycles. The average Bonchev–Trinajstić information content (AvgIpc) is 2.40. The molecular formula is C10H17N3O3S. The largest absolute Gasteiger partial charge is 0.394 e. The average molecular weight is 259 g/mol. The first-order valence-electron chi connectivity index (χ1n) is 5.62. The van der Waals surface area contributed by atoms with Gasteiger partial charge in [0, 0.05) is 12.2 Å². The third-order valence-corrected chi connectivity index (χ3v) is 4.31. The summed E-state index contributed by atoms with van der Waals surface area (Å²) in [4.78, 5) is 0.149. The zero-order chi connectivity index (χ0) is 12.6. The van der Waals surface area contributed by atoms with E-state index in [0.717, 1.165) is 25.5 Å². The van der Waals surface area contributed by atoms with Crippen molar-refractivity contribution in [3.8, 4) is 0 Å². The van der Waals surface area contributed by atoms with E-state index in [-0.39, 0.29) is 29.8 Å². The topological polar surface area (TPSA) is 98.2 Å². The first-order valence-corrected chi connectivity index (χ1v) is 7.51. The third kappa shape index (κ3) is 2.16. The Labute approximate surface area is 100 Å². The Morgan fingerprint density at radius 1 is 1.53 bits per heavy atom. The van der Waals surface area contributed by atoms with Gasteiger partial charge >= 0.3 is 0 Å². The normalized spacial score (nSPS) is 17.1. The number of anilines is 1. The quantitative estimate of drug-likeness (QED) is 0.800. The van der Waals surface area contributed by atoms with Gasteiger partial charge in [-0.2, -0.15) is 5.10 Å². The summed E-state index contributed by atoms with van der Waals surface area (Å²) in [5.74, 6) is 0.338. The fourth-order valence-electron chi connectivity index (χ4n) is 2.07. The summed E-state index contributed by atoms with van der Waals surface area (Å²) in [6.07, 6.45) is 4.16. The molecule has 1 aromatic heterocycles. The number of nitrogens with two attached hydrogens (primary N) is 1. The molecule has 0 saturated heterocycles.